The molecule has 3 fully saturated rings. The maximum Gasteiger partial charge on any atom is 0.115 e. The molecule has 0 unspecified atom stereocenters. The molecule has 0 aliphatic carbocycles. The molecule has 62 valence electrons. The molecule has 3 aliphatic heterocycles. The summed E-state index contributed by atoms with van der Waals surface area (Å²) in [5.74, 6) is 0. The largest absolute Gasteiger partial charge is 0.390 e. The quantitative estimate of drug-likeness (QED) is 0.457. The van der Waals surface area contributed by atoms with Crippen LogP contribution < -0.4 is 0 Å². The van der Waals surface area contributed by atoms with Crippen LogP contribution in [0.1, 0.15) is 6.42 Å². The highest BCUT2D eigenvalue weighted by Crippen LogP contribution is 2.44. The van der Waals surface area contributed by atoms with E-state index in [0.29, 0.717) is 6.42 Å². The number of aliphatic hydroxyl groups excluding tert-OH is 2. The number of hydrogen-bond acceptors (Lipinski definition) is 4. The molecule has 3 heterocycles. The summed E-state index contributed by atoms with van der Waals surface area (Å²) in [5.41, 5.74) is 0. The molecule has 2 bridgehead atoms. The standard InChI is InChI=1S/C7H10O4/c8-2-1-3-6-7(10-3)4(9)5(2)11-6/h2-9H,1H2/t2-,3-,4-,5-,6+,7+/m0/s1. The number of rotatable bonds is 0. The van der Waals surface area contributed by atoms with E-state index in [0.717, 1.165) is 0 Å². The van der Waals surface area contributed by atoms with Gasteiger partial charge in [-0.1, -0.05) is 0 Å². The number of fused-ring (bicyclic) bond motifs is 1. The van der Waals surface area contributed by atoms with Crippen LogP contribution >= 0.6 is 0 Å². The first-order valence-corrected chi connectivity index (χ1v) is 3.94. The smallest absolute Gasteiger partial charge is 0.115 e. The van der Waals surface area contributed by atoms with Crippen LogP contribution in [0.5, 0.6) is 0 Å². The maximum atomic E-state index is 9.47. The first-order chi connectivity index (χ1) is 5.27. The molecule has 2 N–H and O–H groups in total. The number of hydrogen-bond donors (Lipinski definition) is 2. The highest BCUT2D eigenvalue weighted by Gasteiger charge is 2.62. The second-order valence-electron chi connectivity index (χ2n) is 3.50. The van der Waals surface area contributed by atoms with Crippen molar-refractivity contribution in [1.29, 1.82) is 0 Å². The van der Waals surface area contributed by atoms with Gasteiger partial charge < -0.3 is 19.7 Å². The first-order valence-electron chi connectivity index (χ1n) is 3.94. The SMILES string of the molecule is O[C@@H]1[C@H]2O[C@H]3C[C@H](O)[C@@H]1O[C@@H]23. The maximum absolute atomic E-state index is 9.47. The second-order valence-corrected chi connectivity index (χ2v) is 3.50. The normalized spacial score (nSPS) is 66.0. The van der Waals surface area contributed by atoms with Crippen LogP contribution in [0.25, 0.3) is 0 Å². The topological polar surface area (TPSA) is 58.9 Å². The van der Waals surface area contributed by atoms with Crippen LogP contribution in [-0.4, -0.2) is 46.8 Å². The molecule has 3 aliphatic rings. The Kier molecular flexibility index (Phi) is 1.02. The van der Waals surface area contributed by atoms with Crippen LogP contribution in [0, 0.1) is 0 Å². The summed E-state index contributed by atoms with van der Waals surface area (Å²) in [6, 6.07) is 0. The zero-order valence-corrected chi connectivity index (χ0v) is 5.88. The third-order valence-electron chi connectivity index (χ3n) is 2.86. The van der Waals surface area contributed by atoms with Gasteiger partial charge in [0.2, 0.25) is 0 Å². The van der Waals surface area contributed by atoms with Gasteiger partial charge in [0.25, 0.3) is 0 Å². The highest BCUT2D eigenvalue weighted by molar-refractivity contribution is 5.09. The molecule has 4 nitrogen and oxygen atoms in total. The van der Waals surface area contributed by atoms with E-state index in [4.69, 9.17) is 9.47 Å². The van der Waals surface area contributed by atoms with Crippen molar-refractivity contribution in [2.45, 2.75) is 43.0 Å². The van der Waals surface area contributed by atoms with Gasteiger partial charge in [0.15, 0.2) is 0 Å². The van der Waals surface area contributed by atoms with Gasteiger partial charge in [0.1, 0.15) is 24.4 Å². The predicted molar refractivity (Wildman–Crippen MR) is 34.0 cm³/mol. The molecule has 0 spiro atoms. The number of ether oxygens (including phenoxy) is 2. The highest BCUT2D eigenvalue weighted by atomic mass is 16.6. The van der Waals surface area contributed by atoms with E-state index in [1.54, 1.807) is 0 Å². The fourth-order valence-corrected chi connectivity index (χ4v) is 2.25. The molecule has 6 atom stereocenters. The van der Waals surface area contributed by atoms with Gasteiger partial charge in [-0.25, -0.2) is 0 Å². The van der Waals surface area contributed by atoms with Gasteiger partial charge in [-0.05, 0) is 0 Å². The molecule has 0 radical (unpaired) electrons. The van der Waals surface area contributed by atoms with Gasteiger partial charge in [-0.15, -0.1) is 0 Å². The van der Waals surface area contributed by atoms with Gasteiger partial charge in [0, 0.05) is 6.42 Å². The molecule has 0 aromatic rings. The lowest BCUT2D eigenvalue weighted by atomic mass is 9.99. The summed E-state index contributed by atoms with van der Waals surface area (Å²) >= 11 is 0. The minimum Gasteiger partial charge on any atom is -0.390 e. The summed E-state index contributed by atoms with van der Waals surface area (Å²) in [4.78, 5) is 0. The van der Waals surface area contributed by atoms with E-state index in [9.17, 15) is 10.2 Å². The Bertz CT molecular complexity index is 195. The lowest BCUT2D eigenvalue weighted by Gasteiger charge is -2.41. The predicted octanol–water partition coefficient (Wildman–Crippen LogP) is -1.35. The summed E-state index contributed by atoms with van der Waals surface area (Å²) in [6.45, 7) is 0. The average Bonchev–Trinajstić information content (AvgIpc) is 2.05. The molecule has 0 amide bonds. The Balaban J connectivity index is 1.95. The van der Waals surface area contributed by atoms with Gasteiger partial charge in [-0.3, -0.25) is 0 Å². The van der Waals surface area contributed by atoms with Gasteiger partial charge in [-0.2, -0.15) is 0 Å². The lowest BCUT2D eigenvalue weighted by Crippen LogP contribution is -2.55. The zero-order valence-electron chi connectivity index (χ0n) is 5.88. The minimum absolute atomic E-state index is 0.0309. The summed E-state index contributed by atoms with van der Waals surface area (Å²) < 4.78 is 10.7. The van der Waals surface area contributed by atoms with Gasteiger partial charge in [0.05, 0.1) is 12.2 Å². The van der Waals surface area contributed by atoms with E-state index < -0.39 is 18.3 Å². The molecule has 0 saturated carbocycles. The molecule has 0 aromatic heterocycles. The van der Waals surface area contributed by atoms with Crippen molar-refractivity contribution in [1.82, 2.24) is 0 Å². The van der Waals surface area contributed by atoms with Crippen molar-refractivity contribution < 1.29 is 19.7 Å². The Morgan fingerprint density at radius 2 is 1.82 bits per heavy atom. The molecular weight excluding hydrogens is 148 g/mol. The van der Waals surface area contributed by atoms with Gasteiger partial charge >= 0.3 is 0 Å². The summed E-state index contributed by atoms with van der Waals surface area (Å²) in [6.07, 6.45) is -1.02. The van der Waals surface area contributed by atoms with Crippen LogP contribution in [0.15, 0.2) is 0 Å². The summed E-state index contributed by atoms with van der Waals surface area (Å²) in [5, 5.41) is 18.9. The third kappa shape index (κ3) is 0.597. The molecule has 3 rings (SSSR count). The monoisotopic (exact) mass is 158 g/mol. The Labute approximate surface area is 63.7 Å². The van der Waals surface area contributed by atoms with Crippen molar-refractivity contribution in [3.63, 3.8) is 0 Å². The molecule has 4 heteroatoms. The fraction of sp³-hybridized carbons (Fsp3) is 1.00. The van der Waals surface area contributed by atoms with Crippen molar-refractivity contribution >= 4 is 0 Å². The van der Waals surface area contributed by atoms with E-state index in [1.165, 1.54) is 0 Å². The zero-order chi connectivity index (χ0) is 7.59. The average molecular weight is 158 g/mol. The van der Waals surface area contributed by atoms with Crippen molar-refractivity contribution in [2.24, 2.45) is 0 Å². The van der Waals surface area contributed by atoms with Crippen LogP contribution in [0.2, 0.25) is 0 Å². The first kappa shape index (κ1) is 6.37. The molecular formula is C7H10O4. The summed E-state index contributed by atoms with van der Waals surface area (Å²) in [7, 11) is 0. The van der Waals surface area contributed by atoms with E-state index in [2.05, 4.69) is 0 Å². The van der Waals surface area contributed by atoms with E-state index in [1.807, 2.05) is 0 Å². The number of aliphatic hydroxyl groups is 2. The van der Waals surface area contributed by atoms with E-state index >= 15 is 0 Å². The van der Waals surface area contributed by atoms with Crippen LogP contribution in [0.3, 0.4) is 0 Å². The van der Waals surface area contributed by atoms with Crippen molar-refractivity contribution in [3.05, 3.63) is 0 Å². The van der Waals surface area contributed by atoms with Crippen LogP contribution in [0.4, 0.5) is 0 Å². The molecule has 11 heavy (non-hydrogen) atoms. The lowest BCUT2D eigenvalue weighted by molar-refractivity contribution is -0.242. The second kappa shape index (κ2) is 1.77. The minimum atomic E-state index is -0.617. The Hall–Kier alpha value is -0.160. The molecule has 3 saturated heterocycles. The van der Waals surface area contributed by atoms with Crippen molar-refractivity contribution in [3.8, 4) is 0 Å². The Morgan fingerprint density at radius 3 is 2.64 bits per heavy atom. The fourth-order valence-electron chi connectivity index (χ4n) is 2.25. The molecule has 0 aromatic carbocycles. The van der Waals surface area contributed by atoms with Crippen molar-refractivity contribution in [2.75, 3.05) is 0 Å². The van der Waals surface area contributed by atoms with Crippen LogP contribution in [-0.2, 0) is 9.47 Å². The third-order valence-corrected chi connectivity index (χ3v) is 2.86. The Morgan fingerprint density at radius 1 is 1.00 bits per heavy atom. The van der Waals surface area contributed by atoms with E-state index in [-0.39, 0.29) is 18.3 Å².